The summed E-state index contributed by atoms with van der Waals surface area (Å²) in [5.41, 5.74) is 0.381. The molecule has 7 heteroatoms. The quantitative estimate of drug-likeness (QED) is 0.586. The number of hydrogen-bond acceptors (Lipinski definition) is 4. The highest BCUT2D eigenvalue weighted by molar-refractivity contribution is 7.91. The van der Waals surface area contributed by atoms with Gasteiger partial charge < -0.3 is 14.0 Å². The Morgan fingerprint density at radius 2 is 1.80 bits per heavy atom. The van der Waals surface area contributed by atoms with E-state index in [9.17, 15) is 13.3 Å². The Morgan fingerprint density at radius 3 is 2.32 bits per heavy atom. The molecule has 0 bridgehead atoms. The largest absolute Gasteiger partial charge is 0.591 e. The topological polar surface area (TPSA) is 53.9 Å². The SMILES string of the molecule is C/C(=N\[S@+]([O-])C(C)(C)C)c1cc(C2OCC(C)(C)CO2)cc(F)c1F. The first-order valence-corrected chi connectivity index (χ1v) is 9.21. The standard InChI is InChI=1S/C18H25F2NO3S/c1-11(21-25(22)17(2,3)4)13-7-12(8-14(19)15(13)20)16-23-9-18(5,6)10-24-16/h7-8,16H,9-10H2,1-6H3/b21-11+/t25-/m1/s1. The fourth-order valence-electron chi connectivity index (χ4n) is 2.20. The molecule has 0 radical (unpaired) electrons. The normalized spacial score (nSPS) is 20.6. The maximum Gasteiger partial charge on any atom is 0.183 e. The molecule has 0 amide bonds. The Balaban J connectivity index is 2.34. The Morgan fingerprint density at radius 1 is 1.24 bits per heavy atom. The van der Waals surface area contributed by atoms with Gasteiger partial charge in [0.1, 0.15) is 16.1 Å². The molecule has 1 aliphatic heterocycles. The molecule has 25 heavy (non-hydrogen) atoms. The maximum atomic E-state index is 14.2. The molecule has 140 valence electrons. The van der Waals surface area contributed by atoms with Crippen LogP contribution in [0.5, 0.6) is 0 Å². The summed E-state index contributed by atoms with van der Waals surface area (Å²) in [4.78, 5) is 0. The van der Waals surface area contributed by atoms with Gasteiger partial charge >= 0.3 is 0 Å². The Hall–Kier alpha value is -1.02. The molecule has 4 nitrogen and oxygen atoms in total. The molecule has 1 aliphatic rings. The monoisotopic (exact) mass is 373 g/mol. The fraction of sp³-hybridized carbons (Fsp3) is 0.611. The van der Waals surface area contributed by atoms with E-state index in [0.29, 0.717) is 18.8 Å². The van der Waals surface area contributed by atoms with Crippen LogP contribution in [-0.2, 0) is 20.8 Å². The second-order valence-corrected chi connectivity index (χ2v) is 9.93. The van der Waals surface area contributed by atoms with Crippen molar-refractivity contribution in [3.05, 3.63) is 34.9 Å². The van der Waals surface area contributed by atoms with Gasteiger partial charge in [-0.15, -0.1) is 0 Å². The number of nitrogens with zero attached hydrogens (tertiary/aromatic N) is 1. The number of hydrogen-bond donors (Lipinski definition) is 0. The predicted molar refractivity (Wildman–Crippen MR) is 94.9 cm³/mol. The summed E-state index contributed by atoms with van der Waals surface area (Å²) < 4.78 is 55.2. The zero-order chi connectivity index (χ0) is 19.0. The van der Waals surface area contributed by atoms with Crippen molar-refractivity contribution in [2.24, 2.45) is 9.81 Å². The summed E-state index contributed by atoms with van der Waals surface area (Å²) in [6.07, 6.45) is -0.761. The first-order chi connectivity index (χ1) is 11.4. The lowest BCUT2D eigenvalue weighted by Gasteiger charge is -2.34. The van der Waals surface area contributed by atoms with Crippen LogP contribution in [0.4, 0.5) is 8.78 Å². The molecule has 0 aromatic heterocycles. The van der Waals surface area contributed by atoms with Crippen molar-refractivity contribution in [1.82, 2.24) is 0 Å². The van der Waals surface area contributed by atoms with Gasteiger partial charge in [0, 0.05) is 16.5 Å². The zero-order valence-electron chi connectivity index (χ0n) is 15.5. The Kier molecular flexibility index (Phi) is 5.93. The van der Waals surface area contributed by atoms with Crippen molar-refractivity contribution in [3.8, 4) is 0 Å². The van der Waals surface area contributed by atoms with E-state index in [4.69, 9.17) is 9.47 Å². The number of halogens is 2. The van der Waals surface area contributed by atoms with Crippen LogP contribution in [0.2, 0.25) is 0 Å². The van der Waals surface area contributed by atoms with Gasteiger partial charge in [0.2, 0.25) is 0 Å². The second kappa shape index (κ2) is 7.31. The molecular formula is C18H25F2NO3S. The van der Waals surface area contributed by atoms with E-state index in [-0.39, 0.29) is 16.7 Å². The van der Waals surface area contributed by atoms with Gasteiger partial charge in [-0.25, -0.2) is 8.78 Å². The summed E-state index contributed by atoms with van der Waals surface area (Å²) in [6.45, 7) is 11.7. The van der Waals surface area contributed by atoms with Crippen LogP contribution in [0.1, 0.15) is 59.0 Å². The van der Waals surface area contributed by atoms with Crippen molar-refractivity contribution in [2.75, 3.05) is 13.2 Å². The first kappa shape index (κ1) is 20.3. The van der Waals surface area contributed by atoms with Crippen molar-refractivity contribution >= 4 is 17.1 Å². The molecule has 0 unspecified atom stereocenters. The van der Waals surface area contributed by atoms with Crippen LogP contribution in [-0.4, -0.2) is 28.2 Å². The molecule has 1 atom stereocenters. The molecule has 0 saturated carbocycles. The van der Waals surface area contributed by atoms with Crippen LogP contribution in [0.3, 0.4) is 0 Å². The summed E-state index contributed by atoms with van der Waals surface area (Å²) in [5, 5.41) is 0. The van der Waals surface area contributed by atoms with Crippen LogP contribution in [0.15, 0.2) is 16.5 Å². The van der Waals surface area contributed by atoms with E-state index in [2.05, 4.69) is 4.40 Å². The third kappa shape index (κ3) is 5.00. The molecular weight excluding hydrogens is 348 g/mol. The van der Waals surface area contributed by atoms with Gasteiger partial charge in [-0.2, -0.15) is 0 Å². The van der Waals surface area contributed by atoms with E-state index in [0.717, 1.165) is 6.07 Å². The van der Waals surface area contributed by atoms with Gasteiger partial charge in [-0.1, -0.05) is 18.2 Å². The average molecular weight is 373 g/mol. The van der Waals surface area contributed by atoms with E-state index in [1.807, 2.05) is 13.8 Å². The average Bonchev–Trinajstić information content (AvgIpc) is 2.48. The van der Waals surface area contributed by atoms with Crippen molar-refractivity contribution < 1.29 is 22.8 Å². The highest BCUT2D eigenvalue weighted by Crippen LogP contribution is 2.32. The van der Waals surface area contributed by atoms with Crippen LogP contribution >= 0.6 is 0 Å². The number of rotatable bonds is 3. The summed E-state index contributed by atoms with van der Waals surface area (Å²) in [7, 11) is 0. The molecule has 1 aromatic carbocycles. The lowest BCUT2D eigenvalue weighted by Crippen LogP contribution is -2.34. The maximum absolute atomic E-state index is 14.2. The summed E-state index contributed by atoms with van der Waals surface area (Å²) in [5.74, 6) is -2.03. The van der Waals surface area contributed by atoms with E-state index in [1.54, 1.807) is 20.8 Å². The minimum atomic E-state index is -1.57. The highest BCUT2D eigenvalue weighted by Gasteiger charge is 2.31. The highest BCUT2D eigenvalue weighted by atomic mass is 32.2. The van der Waals surface area contributed by atoms with Gasteiger partial charge in [0.25, 0.3) is 0 Å². The minimum absolute atomic E-state index is 0.0374. The predicted octanol–water partition coefficient (Wildman–Crippen LogP) is 4.31. The van der Waals surface area contributed by atoms with Gasteiger partial charge in [-0.05, 0) is 39.8 Å². The minimum Gasteiger partial charge on any atom is -0.591 e. The molecule has 2 rings (SSSR count). The van der Waals surface area contributed by atoms with Crippen LogP contribution < -0.4 is 0 Å². The first-order valence-electron chi connectivity index (χ1n) is 8.10. The van der Waals surface area contributed by atoms with E-state index >= 15 is 0 Å². The van der Waals surface area contributed by atoms with Gasteiger partial charge in [0.05, 0.1) is 18.9 Å². The fourth-order valence-corrected chi connectivity index (χ4v) is 2.83. The Bertz CT molecular complexity index is 661. The van der Waals surface area contributed by atoms with Crippen molar-refractivity contribution in [2.45, 2.75) is 52.6 Å². The van der Waals surface area contributed by atoms with Crippen molar-refractivity contribution in [3.63, 3.8) is 0 Å². The summed E-state index contributed by atoms with van der Waals surface area (Å²) >= 11 is -1.57. The third-order valence-electron chi connectivity index (χ3n) is 3.71. The van der Waals surface area contributed by atoms with Crippen LogP contribution in [0, 0.1) is 17.0 Å². The lowest BCUT2D eigenvalue weighted by molar-refractivity contribution is -0.226. The van der Waals surface area contributed by atoms with E-state index in [1.165, 1.54) is 13.0 Å². The Labute approximate surface area is 150 Å². The molecule has 1 heterocycles. The smallest absolute Gasteiger partial charge is 0.183 e. The van der Waals surface area contributed by atoms with Gasteiger partial charge in [-0.3, -0.25) is 0 Å². The molecule has 0 N–H and O–H groups in total. The molecule has 1 saturated heterocycles. The molecule has 1 aromatic rings. The lowest BCUT2D eigenvalue weighted by atomic mass is 9.95. The molecule has 0 aliphatic carbocycles. The molecule has 1 fully saturated rings. The van der Waals surface area contributed by atoms with Crippen LogP contribution in [0.25, 0.3) is 0 Å². The number of ether oxygens (including phenoxy) is 2. The second-order valence-electron chi connectivity index (χ2n) is 8.02. The summed E-state index contributed by atoms with van der Waals surface area (Å²) in [6, 6.07) is 2.51. The number of benzene rings is 1. The van der Waals surface area contributed by atoms with E-state index < -0.39 is 34.0 Å². The molecule has 0 spiro atoms. The zero-order valence-corrected chi connectivity index (χ0v) is 16.3. The third-order valence-corrected chi connectivity index (χ3v) is 5.19. The van der Waals surface area contributed by atoms with Gasteiger partial charge in [0.15, 0.2) is 17.9 Å². The van der Waals surface area contributed by atoms with Crippen molar-refractivity contribution in [1.29, 1.82) is 0 Å².